The van der Waals surface area contributed by atoms with Crippen molar-refractivity contribution in [3.63, 3.8) is 0 Å². The van der Waals surface area contributed by atoms with Crippen LogP contribution in [0.1, 0.15) is 16.1 Å². The molecule has 0 bridgehead atoms. The zero-order valence-corrected chi connectivity index (χ0v) is 10.2. The third-order valence-electron chi connectivity index (χ3n) is 2.30. The fourth-order valence-corrected chi connectivity index (χ4v) is 1.90. The first-order valence-electron chi connectivity index (χ1n) is 4.64. The van der Waals surface area contributed by atoms with Crippen LogP contribution in [-0.2, 0) is 0 Å². The average Bonchev–Trinajstić information content (AvgIpc) is 2.60. The second-order valence-corrected chi connectivity index (χ2v) is 4.18. The SMILES string of the molecule is CN1CNC(c2cc(C(=O)O)ccn2)=C1Br. The molecule has 0 spiro atoms. The first-order chi connectivity index (χ1) is 7.59. The number of aromatic carboxylic acids is 1. The Balaban J connectivity index is 2.42. The van der Waals surface area contributed by atoms with Gasteiger partial charge in [-0.05, 0) is 28.1 Å². The standard InChI is InChI=1S/C10H10BrN3O2/c1-14-5-13-8(9(14)11)7-4-6(10(15)16)2-3-12-7/h2-4,13H,5H2,1H3,(H,15,16). The van der Waals surface area contributed by atoms with Crippen molar-refractivity contribution >= 4 is 27.6 Å². The van der Waals surface area contributed by atoms with Crippen molar-refractivity contribution in [2.45, 2.75) is 0 Å². The summed E-state index contributed by atoms with van der Waals surface area (Å²) in [5.41, 5.74) is 1.66. The van der Waals surface area contributed by atoms with Gasteiger partial charge in [-0.1, -0.05) is 0 Å². The van der Waals surface area contributed by atoms with Gasteiger partial charge in [0.25, 0.3) is 0 Å². The minimum Gasteiger partial charge on any atom is -0.478 e. The topological polar surface area (TPSA) is 65.5 Å². The monoisotopic (exact) mass is 283 g/mol. The molecule has 0 fully saturated rings. The molecule has 0 amide bonds. The predicted octanol–water partition coefficient (Wildman–Crippen LogP) is 1.29. The molecular weight excluding hydrogens is 274 g/mol. The van der Waals surface area contributed by atoms with E-state index in [0.29, 0.717) is 12.4 Å². The lowest BCUT2D eigenvalue weighted by Gasteiger charge is -2.07. The maximum absolute atomic E-state index is 10.8. The van der Waals surface area contributed by atoms with E-state index in [9.17, 15) is 4.79 Å². The van der Waals surface area contributed by atoms with Gasteiger partial charge in [0.15, 0.2) is 0 Å². The Labute approximate surface area is 101 Å². The minimum atomic E-state index is -0.952. The Morgan fingerprint density at radius 2 is 2.44 bits per heavy atom. The maximum Gasteiger partial charge on any atom is 0.335 e. The van der Waals surface area contributed by atoms with Crippen LogP contribution in [0.3, 0.4) is 0 Å². The number of carboxylic acids is 1. The Hall–Kier alpha value is -1.56. The molecular formula is C10H10BrN3O2. The second kappa shape index (κ2) is 4.13. The zero-order chi connectivity index (χ0) is 11.7. The van der Waals surface area contributed by atoms with Crippen molar-refractivity contribution in [2.24, 2.45) is 0 Å². The summed E-state index contributed by atoms with van der Waals surface area (Å²) in [6.45, 7) is 0.675. The molecule has 0 saturated heterocycles. The molecule has 0 aromatic carbocycles. The van der Waals surface area contributed by atoms with Crippen LogP contribution < -0.4 is 5.32 Å². The van der Waals surface area contributed by atoms with Crippen LogP contribution in [0.5, 0.6) is 0 Å². The highest BCUT2D eigenvalue weighted by molar-refractivity contribution is 9.11. The summed E-state index contributed by atoms with van der Waals surface area (Å²) < 4.78 is 0.877. The van der Waals surface area contributed by atoms with E-state index in [2.05, 4.69) is 26.2 Å². The van der Waals surface area contributed by atoms with Gasteiger partial charge in [-0.25, -0.2) is 4.79 Å². The van der Waals surface area contributed by atoms with E-state index >= 15 is 0 Å². The molecule has 1 aromatic rings. The number of hydrogen-bond acceptors (Lipinski definition) is 4. The van der Waals surface area contributed by atoms with Gasteiger partial charge in [0.2, 0.25) is 0 Å². The molecule has 16 heavy (non-hydrogen) atoms. The van der Waals surface area contributed by atoms with Crippen molar-refractivity contribution in [1.82, 2.24) is 15.2 Å². The number of nitrogens with one attached hydrogen (secondary N) is 1. The Kier molecular flexibility index (Phi) is 2.82. The van der Waals surface area contributed by atoms with Gasteiger partial charge >= 0.3 is 5.97 Å². The number of carboxylic acid groups (broad SMARTS) is 1. The molecule has 1 aliphatic rings. The summed E-state index contributed by atoms with van der Waals surface area (Å²) in [4.78, 5) is 16.9. The zero-order valence-electron chi connectivity index (χ0n) is 8.57. The maximum atomic E-state index is 10.8. The number of rotatable bonds is 2. The molecule has 0 unspecified atom stereocenters. The molecule has 0 atom stereocenters. The highest BCUT2D eigenvalue weighted by Gasteiger charge is 2.19. The molecule has 6 heteroatoms. The molecule has 0 aliphatic carbocycles. The van der Waals surface area contributed by atoms with E-state index in [-0.39, 0.29) is 5.56 Å². The van der Waals surface area contributed by atoms with E-state index in [0.717, 1.165) is 10.3 Å². The molecule has 5 nitrogen and oxygen atoms in total. The van der Waals surface area contributed by atoms with Crippen LogP contribution in [-0.4, -0.2) is 34.7 Å². The Bertz CT molecular complexity index is 473. The van der Waals surface area contributed by atoms with E-state index in [1.54, 1.807) is 6.07 Å². The lowest BCUT2D eigenvalue weighted by Crippen LogP contribution is -2.17. The van der Waals surface area contributed by atoms with Crippen LogP contribution in [0.2, 0.25) is 0 Å². The van der Waals surface area contributed by atoms with Gasteiger partial charge in [-0.3, -0.25) is 4.98 Å². The fourth-order valence-electron chi connectivity index (χ4n) is 1.43. The molecule has 2 heterocycles. The van der Waals surface area contributed by atoms with Gasteiger partial charge in [0.05, 0.1) is 23.6 Å². The largest absolute Gasteiger partial charge is 0.478 e. The third kappa shape index (κ3) is 1.88. The van der Waals surface area contributed by atoms with Crippen LogP contribution in [0.4, 0.5) is 0 Å². The molecule has 1 aliphatic heterocycles. The van der Waals surface area contributed by atoms with Crippen LogP contribution >= 0.6 is 15.9 Å². The smallest absolute Gasteiger partial charge is 0.335 e. The number of carbonyl (C=O) groups is 1. The highest BCUT2D eigenvalue weighted by Crippen LogP contribution is 2.25. The molecule has 1 aromatic heterocycles. The number of hydrogen-bond donors (Lipinski definition) is 2. The number of aromatic nitrogens is 1. The Morgan fingerprint density at radius 3 is 3.00 bits per heavy atom. The van der Waals surface area contributed by atoms with Crippen molar-refractivity contribution in [2.75, 3.05) is 13.7 Å². The van der Waals surface area contributed by atoms with Crippen LogP contribution in [0.25, 0.3) is 5.70 Å². The lowest BCUT2D eigenvalue weighted by molar-refractivity contribution is 0.0696. The normalized spacial score (nSPS) is 15.2. The first-order valence-corrected chi connectivity index (χ1v) is 5.43. The summed E-state index contributed by atoms with van der Waals surface area (Å²) in [5, 5.41) is 12.0. The molecule has 0 saturated carbocycles. The average molecular weight is 284 g/mol. The first kappa shape index (κ1) is 10.9. The van der Waals surface area contributed by atoms with E-state index in [4.69, 9.17) is 5.11 Å². The third-order valence-corrected chi connectivity index (χ3v) is 3.30. The highest BCUT2D eigenvalue weighted by atomic mass is 79.9. The predicted molar refractivity (Wildman–Crippen MR) is 62.8 cm³/mol. The number of pyridine rings is 1. The number of nitrogens with zero attached hydrogens (tertiary/aromatic N) is 2. The van der Waals surface area contributed by atoms with Gasteiger partial charge in [0, 0.05) is 13.2 Å². The van der Waals surface area contributed by atoms with Crippen molar-refractivity contribution < 1.29 is 9.90 Å². The fraction of sp³-hybridized carbons (Fsp3) is 0.200. The van der Waals surface area contributed by atoms with Gasteiger partial charge in [-0.2, -0.15) is 0 Å². The van der Waals surface area contributed by atoms with Crippen molar-refractivity contribution in [1.29, 1.82) is 0 Å². The van der Waals surface area contributed by atoms with Gasteiger partial charge in [0.1, 0.15) is 4.61 Å². The summed E-state index contributed by atoms with van der Waals surface area (Å²) in [6, 6.07) is 3.02. The molecule has 84 valence electrons. The Morgan fingerprint density at radius 1 is 1.69 bits per heavy atom. The van der Waals surface area contributed by atoms with Gasteiger partial charge in [-0.15, -0.1) is 0 Å². The van der Waals surface area contributed by atoms with Crippen LogP contribution in [0, 0.1) is 0 Å². The minimum absolute atomic E-state index is 0.231. The number of halogens is 1. The molecule has 0 radical (unpaired) electrons. The summed E-state index contributed by atoms with van der Waals surface area (Å²) in [7, 11) is 1.92. The summed E-state index contributed by atoms with van der Waals surface area (Å²) in [6.07, 6.45) is 1.49. The molecule has 2 rings (SSSR count). The van der Waals surface area contributed by atoms with Crippen molar-refractivity contribution in [3.05, 3.63) is 34.2 Å². The van der Waals surface area contributed by atoms with Crippen LogP contribution in [0.15, 0.2) is 22.9 Å². The van der Waals surface area contributed by atoms with Gasteiger partial charge < -0.3 is 15.3 Å². The van der Waals surface area contributed by atoms with E-state index < -0.39 is 5.97 Å². The summed E-state index contributed by atoms with van der Waals surface area (Å²) >= 11 is 3.42. The van der Waals surface area contributed by atoms with E-state index in [1.165, 1.54) is 12.3 Å². The van der Waals surface area contributed by atoms with E-state index in [1.807, 2.05) is 11.9 Å². The second-order valence-electron chi connectivity index (χ2n) is 3.43. The lowest BCUT2D eigenvalue weighted by atomic mass is 10.2. The summed E-state index contributed by atoms with van der Waals surface area (Å²) in [5.74, 6) is -0.952. The molecule has 2 N–H and O–H groups in total. The quantitative estimate of drug-likeness (QED) is 0.801. The van der Waals surface area contributed by atoms with Crippen molar-refractivity contribution in [3.8, 4) is 0 Å².